The van der Waals surface area contributed by atoms with Gasteiger partial charge in [-0.3, -0.25) is 0 Å². The largest absolute Gasteiger partial charge is 0.586 e. The summed E-state index contributed by atoms with van der Waals surface area (Å²) in [5.41, 5.74) is -1.59. The van der Waals surface area contributed by atoms with E-state index >= 15 is 0 Å². The van der Waals surface area contributed by atoms with Crippen molar-refractivity contribution in [1.29, 1.82) is 0 Å². The molecule has 774 valence electrons. The number of rotatable bonds is 44. The van der Waals surface area contributed by atoms with E-state index in [0.717, 1.165) is 36.4 Å². The minimum absolute atomic E-state index is 0. The summed E-state index contributed by atoms with van der Waals surface area (Å²) in [7, 11) is -95.9. The molecule has 0 fully saturated rings. The lowest BCUT2D eigenvalue weighted by atomic mass is 10.1. The molecule has 0 aliphatic heterocycles. The molecule has 0 atom stereocenters. The molecule has 2 aromatic carbocycles. The Bertz CT molecular complexity index is 6140. The number of nitrogens with zero attached hydrogens (tertiary/aromatic N) is 2. The van der Waals surface area contributed by atoms with Crippen LogP contribution in [-0.2, 0) is 284 Å². The zero-order chi connectivity index (χ0) is 104. The van der Waals surface area contributed by atoms with E-state index in [1.54, 1.807) is 12.3 Å². The fourth-order valence-corrected chi connectivity index (χ4v) is 20.7. The molecule has 92 heteroatoms. The number of nitrogens with one attached hydrogen (secondary N) is 1. The summed E-state index contributed by atoms with van der Waals surface area (Å²) in [5.74, 6) is -3.70. The van der Waals surface area contributed by atoms with Gasteiger partial charge in [0.25, 0.3) is 20.2 Å². The first kappa shape index (κ1) is 135. The predicted octanol–water partition coefficient (Wildman–Crippen LogP) is -10.4. The van der Waals surface area contributed by atoms with Gasteiger partial charge in [-0.15, -0.1) is 0 Å². The van der Waals surface area contributed by atoms with E-state index in [1.165, 1.54) is 0 Å². The van der Waals surface area contributed by atoms with E-state index in [0.29, 0.717) is 98.7 Å². The van der Waals surface area contributed by atoms with Crippen molar-refractivity contribution >= 4 is 261 Å². The van der Waals surface area contributed by atoms with Crippen molar-refractivity contribution in [3.05, 3.63) is 94.8 Å². The van der Waals surface area contributed by atoms with Crippen LogP contribution in [-0.4, -0.2) is 333 Å². The smallest absolute Gasteiger partial charge is 0.545 e. The summed E-state index contributed by atoms with van der Waals surface area (Å²) in [6.45, 7) is -11.2. The number of benzene rings is 2. The maximum Gasteiger partial charge on any atom is 0.586 e. The van der Waals surface area contributed by atoms with Crippen molar-refractivity contribution in [2.75, 3.05) is 113 Å². The number of hydrogen-bond acceptors (Lipinski definition) is 64. The summed E-state index contributed by atoms with van der Waals surface area (Å²) in [5, 5.41) is 22.2. The summed E-state index contributed by atoms with van der Waals surface area (Å²) >= 11 is 0. The average Bonchev–Trinajstić information content (AvgIpc) is 0.827. The molecular weight excluding hydrogens is 2240 g/mol. The maximum absolute atomic E-state index is 12.5. The van der Waals surface area contributed by atoms with Gasteiger partial charge in [0.15, 0.2) is 0 Å². The number of aromatic amines is 1. The Kier molecular flexibility index (Phi) is 48.6. The Labute approximate surface area is 761 Å². The Morgan fingerprint density at radius 2 is 0.379 bits per heavy atom. The molecule has 0 aliphatic rings. The summed E-state index contributed by atoms with van der Waals surface area (Å²) in [4.78, 5) is 28.7. The van der Waals surface area contributed by atoms with Crippen LogP contribution in [0, 0.1) is 13.1 Å². The summed E-state index contributed by atoms with van der Waals surface area (Å²) < 4.78 is 535. The van der Waals surface area contributed by atoms with Crippen LogP contribution in [0.15, 0.2) is 70.6 Å². The van der Waals surface area contributed by atoms with Gasteiger partial charge in [0.2, 0.25) is 194 Å². The fourth-order valence-electron chi connectivity index (χ4n) is 6.99. The van der Waals surface area contributed by atoms with Gasteiger partial charge in [-0.2, -0.15) is 16.8 Å². The number of carbonyl (C=O) groups is 2. The Hall–Kier alpha value is -5.84. The number of carbonyl (C=O) groups excluding carboxylic acids is 2. The second kappa shape index (κ2) is 47.7. The highest BCUT2D eigenvalue weighted by molar-refractivity contribution is 7.95. The molecule has 0 saturated heterocycles. The van der Waals surface area contributed by atoms with E-state index in [-0.39, 0.29) is 52.4 Å². The third kappa shape index (κ3) is 65.0. The van der Waals surface area contributed by atoms with E-state index in [9.17, 15) is 188 Å². The van der Waals surface area contributed by atoms with Crippen LogP contribution in [0.5, 0.6) is 0 Å². The quantitative estimate of drug-likeness (QED) is 0.0406. The Morgan fingerprint density at radius 1 is 0.242 bits per heavy atom. The normalized spacial score (nSPS) is 13.8. The minimum Gasteiger partial charge on any atom is -0.545 e. The molecular formula is C40H73B5N3O64S20-7. The van der Waals surface area contributed by atoms with Crippen LogP contribution in [0.1, 0.15) is 35.6 Å². The first-order valence-corrected chi connectivity index (χ1v) is 65.3. The standard InChI is InChI=1S/2C10H14BO14S4.C6H3N3.3C4H12BO12S4.2CH4/c2*1-26(14,15)22-11(23-27(2,16)17,24-28(3,18)19)25-29(20,21)9-7-5-4-6-8(9)10(12)13;1-7-5-3-4-9-6(5)8-2;3*1-18(6,7)14-5(15-19(2,8)9,16-20(3,10)11)17-21(4,12)13;;/h2*4-7H,1-3H3,(H,12,13);3-4,9H;3*1-4H3;2*1H4/q2*-1;;3*-1;;/p-2. The first-order valence-electron chi connectivity index (χ1n) is 29.7. The molecule has 1 aromatic heterocycles. The van der Waals surface area contributed by atoms with Crippen LogP contribution in [0.2, 0.25) is 0 Å². The molecule has 132 heavy (non-hydrogen) atoms. The molecule has 0 radical (unpaired) electrons. The van der Waals surface area contributed by atoms with Crippen molar-refractivity contribution in [3.63, 3.8) is 0 Å². The summed E-state index contributed by atoms with van der Waals surface area (Å²) in [6, 6.07) is 8.63. The third-order valence-electron chi connectivity index (χ3n) is 9.45. The second-order valence-electron chi connectivity index (χ2n) is 23.4. The molecule has 0 bridgehead atoms. The maximum atomic E-state index is 12.5. The number of hydrogen-bond donors (Lipinski definition) is 1. The number of H-pyrrole nitrogens is 1. The zero-order valence-electron chi connectivity index (χ0n) is 67.3. The monoisotopic (exact) mass is 2310 g/mol. The highest BCUT2D eigenvalue weighted by atomic mass is 32.3. The van der Waals surface area contributed by atoms with Crippen molar-refractivity contribution < 1.29 is 270 Å². The molecule has 0 saturated carbocycles. The number of aromatic nitrogens is 1. The number of carboxylic acid groups (broad SMARTS) is 2. The average molecular weight is 2320 g/mol. The first-order chi connectivity index (χ1) is 56.4. The van der Waals surface area contributed by atoms with Crippen LogP contribution in [0.25, 0.3) is 9.69 Å². The van der Waals surface area contributed by atoms with Crippen molar-refractivity contribution in [1.82, 2.24) is 4.98 Å². The molecule has 1 N–H and O–H groups in total. The van der Waals surface area contributed by atoms with Gasteiger partial charge in [0.05, 0.1) is 147 Å². The van der Waals surface area contributed by atoms with E-state index in [4.69, 9.17) is 13.1 Å². The van der Waals surface area contributed by atoms with Crippen molar-refractivity contribution in [2.24, 2.45) is 0 Å². The van der Waals surface area contributed by atoms with Crippen molar-refractivity contribution in [3.8, 4) is 0 Å². The second-order valence-corrected chi connectivity index (χ2v) is 55.3. The molecule has 3 aromatic rings. The van der Waals surface area contributed by atoms with E-state index in [1.807, 2.05) is 0 Å². The van der Waals surface area contributed by atoms with Gasteiger partial charge in [-0.1, -0.05) is 57.8 Å². The molecule has 0 unspecified atom stereocenters. The highest BCUT2D eigenvalue weighted by Crippen LogP contribution is 2.32. The van der Waals surface area contributed by atoms with Gasteiger partial charge in [0.1, 0.15) is 0 Å². The van der Waals surface area contributed by atoms with Gasteiger partial charge < -0.3 is 112 Å². The Morgan fingerprint density at radius 3 is 0.492 bits per heavy atom. The SMILES string of the molecule is C.C.CS(=O)(=O)O[B-](OS(C)(=O)=O)(OS(C)(=O)=O)OS(=O)(=O)c1ccccc1C(=O)[O-].CS(=O)(=O)O[B-](OS(C)(=O)=O)(OS(C)(=O)=O)OS(=O)(=O)c1ccccc1C(=O)[O-].CS(=O)(=O)O[B-](OS(C)(=O)=O)(OS(C)(=O)=O)OS(C)(=O)=O.CS(=O)(=O)O[B-](OS(C)(=O)=O)(OS(C)(=O)=O)OS(C)(=O)=O.CS(=O)(=O)O[B-](OS(C)(=O)=O)(OS(C)(=O)=O)OS(C)(=O)=O.[C-]#[N+]c1cc[nH]c1[N+]#[C-]. The molecule has 0 amide bonds. The Balaban J connectivity index is -0.000000498. The van der Waals surface area contributed by atoms with E-state index in [2.05, 4.69) is 96.7 Å². The van der Waals surface area contributed by atoms with E-state index < -0.39 is 270 Å². The molecule has 67 nitrogen and oxygen atoms in total. The molecule has 0 aliphatic carbocycles. The molecule has 0 spiro atoms. The highest BCUT2D eigenvalue weighted by Gasteiger charge is 2.52. The van der Waals surface area contributed by atoms with Crippen LogP contribution >= 0.6 is 0 Å². The van der Waals surface area contributed by atoms with Gasteiger partial charge in [-0.05, 0) is 18.2 Å². The molecule has 1 heterocycles. The lowest BCUT2D eigenvalue weighted by Crippen LogP contribution is -2.53. The number of carboxylic acids is 2. The predicted molar refractivity (Wildman–Crippen MR) is 440 cm³/mol. The lowest BCUT2D eigenvalue weighted by Gasteiger charge is -2.36. The van der Waals surface area contributed by atoms with Gasteiger partial charge in [-0.25, -0.2) is 156 Å². The van der Waals surface area contributed by atoms with Gasteiger partial charge >= 0.3 is 34.8 Å². The lowest BCUT2D eigenvalue weighted by molar-refractivity contribution is -0.256. The third-order valence-corrected chi connectivity index (χ3v) is 22.7. The van der Waals surface area contributed by atoms with Crippen LogP contribution in [0.4, 0.5) is 11.5 Å². The van der Waals surface area contributed by atoms with Crippen LogP contribution < -0.4 is 10.2 Å². The fraction of sp³-hybridized carbons (Fsp3) is 0.500. The van der Waals surface area contributed by atoms with Gasteiger partial charge in [0, 0.05) is 11.1 Å². The van der Waals surface area contributed by atoms with Crippen molar-refractivity contribution in [2.45, 2.75) is 24.6 Å². The minimum atomic E-state index is -5.47. The summed E-state index contributed by atoms with van der Waals surface area (Å²) in [6.07, 6.45) is 7.45. The molecule has 3 rings (SSSR count). The van der Waals surface area contributed by atoms with Crippen LogP contribution in [0.3, 0.4) is 0 Å². The number of aromatic carboxylic acids is 2. The zero-order valence-corrected chi connectivity index (χ0v) is 83.7. The topological polar surface area (TPSA) is 972 Å².